The van der Waals surface area contributed by atoms with Gasteiger partial charge in [0.05, 0.1) is 4.90 Å². The smallest absolute Gasteiger partial charge is 0.409 e. The van der Waals surface area contributed by atoms with Crippen LogP contribution in [0.15, 0.2) is 29.2 Å². The Morgan fingerprint density at radius 2 is 1.68 bits per heavy atom. The molecule has 25 heavy (non-hydrogen) atoms. The second-order valence-electron chi connectivity index (χ2n) is 4.61. The fourth-order valence-electron chi connectivity index (χ4n) is 1.58. The maximum Gasteiger partial charge on any atom is 0.453 e. The molecule has 0 saturated carbocycles. The van der Waals surface area contributed by atoms with Gasteiger partial charge in [0.2, 0.25) is 0 Å². The zero-order chi connectivity index (χ0) is 19.5. The largest absolute Gasteiger partial charge is 0.453 e. The summed E-state index contributed by atoms with van der Waals surface area (Å²) in [5.41, 5.74) is 0. The molecule has 0 radical (unpaired) electrons. The van der Waals surface area contributed by atoms with E-state index in [-0.39, 0.29) is 22.4 Å². The Morgan fingerprint density at radius 3 is 2.16 bits per heavy atom. The number of alkyl halides is 8. The van der Waals surface area contributed by atoms with Gasteiger partial charge in [-0.25, -0.2) is 4.79 Å². The van der Waals surface area contributed by atoms with Crippen LogP contribution in [0.3, 0.4) is 0 Å². The molecule has 0 bridgehead atoms. The highest BCUT2D eigenvalue weighted by Gasteiger charge is 2.69. The molecule has 0 heterocycles. The van der Waals surface area contributed by atoms with Crippen LogP contribution < -0.4 is 10.1 Å². The highest BCUT2D eigenvalue weighted by molar-refractivity contribution is 7.99. The van der Waals surface area contributed by atoms with Crippen molar-refractivity contribution in [3.05, 3.63) is 24.3 Å². The van der Waals surface area contributed by atoms with E-state index in [0.717, 1.165) is 12.1 Å². The number of ether oxygens (including phenoxy) is 1. The van der Waals surface area contributed by atoms with Gasteiger partial charge in [-0.3, -0.25) is 0 Å². The van der Waals surface area contributed by atoms with Gasteiger partial charge in [0.1, 0.15) is 11.7 Å². The molecule has 0 aliphatic rings. The topological polar surface area (TPSA) is 38.3 Å². The number of amides is 1. The predicted molar refractivity (Wildman–Crippen MR) is 72.8 cm³/mol. The van der Waals surface area contributed by atoms with Gasteiger partial charge in [0.15, 0.2) is 0 Å². The van der Waals surface area contributed by atoms with Crippen LogP contribution in [0.5, 0.6) is 5.75 Å². The number of halogens is 8. The summed E-state index contributed by atoms with van der Waals surface area (Å²) in [7, 11) is 1.20. The number of thioether (sulfide) groups is 1. The van der Waals surface area contributed by atoms with Crippen LogP contribution in [0.2, 0.25) is 0 Å². The molecule has 0 saturated heterocycles. The summed E-state index contributed by atoms with van der Waals surface area (Å²) in [6, 6.07) is 4.92. The highest BCUT2D eigenvalue weighted by atomic mass is 32.2. The van der Waals surface area contributed by atoms with E-state index in [1.165, 1.54) is 19.2 Å². The summed E-state index contributed by atoms with van der Waals surface area (Å²) in [4.78, 5) is 10.9. The van der Waals surface area contributed by atoms with E-state index < -0.39 is 36.0 Å². The van der Waals surface area contributed by atoms with E-state index >= 15 is 0 Å². The molecule has 142 valence electrons. The van der Waals surface area contributed by atoms with Crippen LogP contribution in [0.25, 0.3) is 0 Å². The molecule has 12 heteroatoms. The molecule has 0 fully saturated rings. The minimum Gasteiger partial charge on any atom is -0.409 e. The first kappa shape index (κ1) is 21.3. The van der Waals surface area contributed by atoms with Gasteiger partial charge in [-0.2, -0.15) is 35.1 Å². The lowest BCUT2D eigenvalue weighted by Crippen LogP contribution is -2.50. The second-order valence-corrected chi connectivity index (χ2v) is 5.67. The van der Waals surface area contributed by atoms with Crippen molar-refractivity contribution in [3.63, 3.8) is 0 Å². The SMILES string of the molecule is CNC(=O)Oc1ccccc1SCC(C(F)(F)F)C(F)(F)C(F)(F)F. The molecule has 1 N–H and O–H groups in total. The Morgan fingerprint density at radius 1 is 1.12 bits per heavy atom. The Hall–Kier alpha value is -1.72. The van der Waals surface area contributed by atoms with E-state index in [9.17, 15) is 39.9 Å². The minimum atomic E-state index is -6.36. The van der Waals surface area contributed by atoms with Crippen molar-refractivity contribution in [1.82, 2.24) is 5.32 Å². The van der Waals surface area contributed by atoms with E-state index in [2.05, 4.69) is 5.32 Å². The third-order valence-electron chi connectivity index (χ3n) is 2.87. The fourth-order valence-corrected chi connectivity index (χ4v) is 2.75. The van der Waals surface area contributed by atoms with Gasteiger partial charge in [0.25, 0.3) is 0 Å². The molecule has 1 rings (SSSR count). The molecule has 3 nitrogen and oxygen atoms in total. The number of hydrogen-bond acceptors (Lipinski definition) is 3. The van der Waals surface area contributed by atoms with Crippen LogP contribution in [0.1, 0.15) is 0 Å². The molecule has 1 aromatic rings. The quantitative estimate of drug-likeness (QED) is 0.569. The average molecular weight is 397 g/mol. The molecule has 1 atom stereocenters. The summed E-state index contributed by atoms with van der Waals surface area (Å²) in [5.74, 6) is -11.8. The van der Waals surface area contributed by atoms with Crippen molar-refractivity contribution in [1.29, 1.82) is 0 Å². The van der Waals surface area contributed by atoms with Crippen molar-refractivity contribution in [2.45, 2.75) is 23.2 Å². The van der Waals surface area contributed by atoms with Gasteiger partial charge < -0.3 is 10.1 Å². The van der Waals surface area contributed by atoms with Gasteiger partial charge in [-0.15, -0.1) is 11.8 Å². The zero-order valence-electron chi connectivity index (χ0n) is 12.3. The fraction of sp³-hybridized carbons (Fsp3) is 0.462. The van der Waals surface area contributed by atoms with Crippen molar-refractivity contribution in [2.24, 2.45) is 5.92 Å². The summed E-state index contributed by atoms with van der Waals surface area (Å²) < 4.78 is 106. The number of nitrogens with one attached hydrogen (secondary N) is 1. The second kappa shape index (κ2) is 7.67. The van der Waals surface area contributed by atoms with Crippen LogP contribution >= 0.6 is 11.8 Å². The van der Waals surface area contributed by atoms with Crippen LogP contribution in [-0.2, 0) is 0 Å². The minimum absolute atomic E-state index is 0.0725. The highest BCUT2D eigenvalue weighted by Crippen LogP contribution is 2.49. The molecule has 0 aliphatic heterocycles. The zero-order valence-corrected chi connectivity index (χ0v) is 13.2. The molecule has 1 amide bonds. The lowest BCUT2D eigenvalue weighted by Gasteiger charge is -2.30. The lowest BCUT2D eigenvalue weighted by molar-refractivity contribution is -0.340. The summed E-state index contributed by atoms with van der Waals surface area (Å²) >= 11 is 0.0725. The first-order valence-electron chi connectivity index (χ1n) is 6.43. The van der Waals surface area contributed by atoms with E-state index in [1.54, 1.807) is 0 Å². The summed E-state index contributed by atoms with van der Waals surface area (Å²) in [5, 5.41) is 2.05. The van der Waals surface area contributed by atoms with Crippen LogP contribution in [0, 0.1) is 5.92 Å². The van der Waals surface area contributed by atoms with Gasteiger partial charge in [-0.05, 0) is 12.1 Å². The Bertz CT molecular complexity index is 602. The number of rotatable bonds is 5. The van der Waals surface area contributed by atoms with E-state index in [0.29, 0.717) is 0 Å². The molecule has 0 spiro atoms. The molecule has 0 aromatic heterocycles. The third kappa shape index (κ3) is 5.38. The first-order valence-corrected chi connectivity index (χ1v) is 7.42. The third-order valence-corrected chi connectivity index (χ3v) is 4.02. The summed E-state index contributed by atoms with van der Waals surface area (Å²) in [6.07, 6.45) is -13.1. The maximum atomic E-state index is 13.2. The first-order chi connectivity index (χ1) is 11.3. The van der Waals surface area contributed by atoms with Crippen molar-refractivity contribution < 1.29 is 44.7 Å². The molecule has 1 aromatic carbocycles. The van der Waals surface area contributed by atoms with E-state index in [4.69, 9.17) is 4.74 Å². The van der Waals surface area contributed by atoms with Crippen molar-refractivity contribution in [3.8, 4) is 5.75 Å². The van der Waals surface area contributed by atoms with Crippen molar-refractivity contribution >= 4 is 17.9 Å². The molecule has 0 aliphatic carbocycles. The Balaban J connectivity index is 3.05. The molecule has 1 unspecified atom stereocenters. The van der Waals surface area contributed by atoms with Gasteiger partial charge in [0, 0.05) is 12.8 Å². The Kier molecular flexibility index (Phi) is 6.54. The van der Waals surface area contributed by atoms with E-state index in [1.807, 2.05) is 0 Å². The Labute approximate surface area is 140 Å². The van der Waals surface area contributed by atoms with Gasteiger partial charge >= 0.3 is 24.4 Å². The number of para-hydroxylation sites is 1. The average Bonchev–Trinajstić information content (AvgIpc) is 2.46. The monoisotopic (exact) mass is 397 g/mol. The van der Waals surface area contributed by atoms with Crippen molar-refractivity contribution in [2.75, 3.05) is 12.8 Å². The number of carbonyl (C=O) groups is 1. The standard InChI is InChI=1S/C13H11F8NO2S/c1-22-10(23)24-7-4-2-3-5-8(7)25-6-9(12(16,17)18)11(14,15)13(19,20)21/h2-5,9H,6H2,1H3,(H,22,23). The molecular formula is C13H11F8NO2S. The summed E-state index contributed by atoms with van der Waals surface area (Å²) in [6.45, 7) is 0. The normalized spacial score (nSPS) is 14.1. The lowest BCUT2D eigenvalue weighted by atomic mass is 10.0. The number of hydrogen-bond donors (Lipinski definition) is 1. The predicted octanol–water partition coefficient (Wildman–Crippen LogP) is 4.87. The maximum absolute atomic E-state index is 13.2. The number of carbonyl (C=O) groups excluding carboxylic acids is 1. The van der Waals surface area contributed by atoms with Crippen LogP contribution in [0.4, 0.5) is 39.9 Å². The number of benzene rings is 1. The van der Waals surface area contributed by atoms with Gasteiger partial charge in [-0.1, -0.05) is 12.1 Å². The van der Waals surface area contributed by atoms with Crippen LogP contribution in [-0.4, -0.2) is 37.2 Å². The molecular weight excluding hydrogens is 386 g/mol.